The number of aromatic nitrogens is 12. The van der Waals surface area contributed by atoms with Gasteiger partial charge in [-0.25, -0.2) is 67.0 Å². The minimum atomic E-state index is -1.24. The first-order valence-corrected chi connectivity index (χ1v) is 57.6. The molecule has 0 aliphatic carbocycles. The van der Waals surface area contributed by atoms with E-state index >= 15 is 0 Å². The number of fused-ring (bicyclic) bond motifs is 2. The summed E-state index contributed by atoms with van der Waals surface area (Å²) < 4.78 is 70.3. The largest absolute Gasteiger partial charge is 0.480 e. The maximum atomic E-state index is 14.5. The zero-order valence-electron chi connectivity index (χ0n) is 75.7. The molecule has 0 radical (unpaired) electrons. The summed E-state index contributed by atoms with van der Waals surface area (Å²) in [5.41, 5.74) is 6.86. The summed E-state index contributed by atoms with van der Waals surface area (Å²) in [6, 6.07) is 30.9. The molecule has 748 valence electrons. The zero-order valence-corrected chi connectivity index (χ0v) is 94.5. The van der Waals surface area contributed by atoms with E-state index in [0.717, 1.165) is 56.6 Å². The molecule has 0 spiro atoms. The number of carbonyl (C=O) groups excluding carboxylic acids is 6. The number of alkyl halides is 4. The third-order valence-corrected chi connectivity index (χ3v) is 28.0. The van der Waals surface area contributed by atoms with Crippen LogP contribution in [0.25, 0.3) is 44.1 Å². The first kappa shape index (κ1) is 124. The first-order chi connectivity index (χ1) is 64.8. The van der Waals surface area contributed by atoms with Crippen molar-refractivity contribution in [1.29, 1.82) is 0 Å². The van der Waals surface area contributed by atoms with Gasteiger partial charge in [0.25, 0.3) is 0 Å². The number of carboxylic acids is 1. The van der Waals surface area contributed by atoms with Crippen LogP contribution in [0.15, 0.2) is 152 Å². The summed E-state index contributed by atoms with van der Waals surface area (Å²) in [4.78, 5) is 120. The number of pyridine rings is 4. The van der Waals surface area contributed by atoms with Crippen molar-refractivity contribution in [2.75, 3.05) is 26.2 Å². The highest BCUT2D eigenvalue weighted by Gasteiger charge is 2.43. The Morgan fingerprint density at radius 3 is 1.22 bits per heavy atom. The van der Waals surface area contributed by atoms with Crippen LogP contribution < -0.4 is 5.32 Å². The molecule has 2 aromatic carbocycles. The van der Waals surface area contributed by atoms with E-state index in [4.69, 9.17) is 14.6 Å². The summed E-state index contributed by atoms with van der Waals surface area (Å²) in [5.74, 6) is -0.518. The van der Waals surface area contributed by atoms with Crippen molar-refractivity contribution in [3.05, 3.63) is 198 Å². The average molecular weight is 2440 g/mol. The topological polar surface area (TPSA) is 379 Å². The van der Waals surface area contributed by atoms with Gasteiger partial charge in [0.1, 0.15) is 96.7 Å². The number of rotatable bonds is 18. The van der Waals surface area contributed by atoms with Gasteiger partial charge in [0.05, 0.1) is 67.1 Å². The molecule has 52 heteroatoms. The van der Waals surface area contributed by atoms with Crippen molar-refractivity contribution in [1.82, 2.24) is 79.4 Å². The van der Waals surface area contributed by atoms with Gasteiger partial charge in [-0.15, -0.1) is 0 Å². The van der Waals surface area contributed by atoms with E-state index in [9.17, 15) is 66.4 Å². The van der Waals surface area contributed by atoms with Crippen molar-refractivity contribution in [2.24, 2.45) is 0 Å². The second-order valence-corrected chi connectivity index (χ2v) is 46.1. The van der Waals surface area contributed by atoms with E-state index in [2.05, 4.69) is 209 Å². The van der Waals surface area contributed by atoms with E-state index in [-0.39, 0.29) is 113 Å². The lowest BCUT2D eigenvalue weighted by Crippen LogP contribution is -2.45. The number of ketones is 2. The second kappa shape index (κ2) is 63.0. The lowest BCUT2D eigenvalue weighted by Gasteiger charge is -2.30. The summed E-state index contributed by atoms with van der Waals surface area (Å²) >= 11 is 46.2. The number of amides is 3. The number of hydrogen-bond acceptors (Lipinski definition) is 31. The number of carbonyl (C=O) groups is 7. The molecule has 4 saturated heterocycles. The number of Topliss-reactive ketones (excluding diaryl/α,β-unsaturated/α-hetero) is 2. The fourth-order valence-electron chi connectivity index (χ4n) is 13.8. The van der Waals surface area contributed by atoms with Crippen molar-refractivity contribution in [3.63, 3.8) is 0 Å². The predicted octanol–water partition coefficient (Wildman–Crippen LogP) is 14.1. The Labute approximate surface area is 893 Å². The molecule has 14 rings (SSSR count). The van der Waals surface area contributed by atoms with Gasteiger partial charge in [0.2, 0.25) is 5.91 Å². The van der Waals surface area contributed by atoms with E-state index in [1.165, 1.54) is 77.4 Å². The SMILES string of the molecule is CC(=O)c1nn(CC(=O)N2C[C@H](F)C[C@H]2C(O)Cc2cccc(Br)n2)c2ccc(-c3cnc(C)nc3)cc12.CC(=O)c1nn(CC(=O)O)c2ccc(-c3cnc(C)nc3)cc12.CC(C)(C)OC(=O)N1C[C@H](F)C[C@H]1C=O.CC(C)(C)OC(=O)N1C[C@H](F)C[C@H]1[C@H](O)Cc1cccc(Br)n1.Cc1cccc(Br)n1.OC(Cc1cccc(Br)n1)[C@@H]1C[C@@H](F)CN1.S.S=S.S=S=S.S=S=S=S.S=S=S=S=S. The fourth-order valence-corrected chi connectivity index (χ4v) is 18.2. The molecule has 8 aromatic heterocycles. The number of likely N-dealkylation sites (tertiary alicyclic amines) is 3. The minimum absolute atomic E-state index is 0. The Morgan fingerprint density at radius 1 is 0.507 bits per heavy atom. The van der Waals surface area contributed by atoms with Gasteiger partial charge in [-0.3, -0.25) is 38.3 Å². The van der Waals surface area contributed by atoms with Crippen molar-refractivity contribution in [3.8, 4) is 22.3 Å². The number of ether oxygens (including phenoxy) is 2. The van der Waals surface area contributed by atoms with E-state index in [0.29, 0.717) is 79.7 Å². The second-order valence-electron chi connectivity index (χ2n) is 32.2. The summed E-state index contributed by atoms with van der Waals surface area (Å²) in [7, 11) is 7.21. The molecule has 0 bridgehead atoms. The maximum absolute atomic E-state index is 14.5. The van der Waals surface area contributed by atoms with Crippen molar-refractivity contribution in [2.45, 2.75) is 213 Å². The molecule has 0 saturated carbocycles. The maximum Gasteiger partial charge on any atom is 0.410 e. The molecule has 4 aliphatic heterocycles. The lowest BCUT2D eigenvalue weighted by atomic mass is 10.0. The van der Waals surface area contributed by atoms with Crippen LogP contribution in [0.1, 0.15) is 136 Å². The minimum Gasteiger partial charge on any atom is -0.480 e. The molecule has 2 unspecified atom stereocenters. The number of nitrogens with one attached hydrogen (secondary N) is 1. The molecule has 4 fully saturated rings. The Balaban J connectivity index is 0.000000351. The molecule has 10 aromatic rings. The van der Waals surface area contributed by atoms with E-state index < -0.39 is 90.5 Å². The van der Waals surface area contributed by atoms with Crippen LogP contribution in [0.5, 0.6) is 0 Å². The number of halogens is 8. The number of hydrogen-bond donors (Lipinski definition) is 5. The molecular formula is C86H100Br4F4N16O13S15. The van der Waals surface area contributed by atoms with Gasteiger partial charge in [0, 0.05) is 277 Å². The highest BCUT2D eigenvalue weighted by molar-refractivity contribution is 9.11. The van der Waals surface area contributed by atoms with Gasteiger partial charge >= 0.3 is 18.2 Å². The number of aliphatic carboxylic acids is 1. The number of nitrogens with zero attached hydrogens (tertiary/aromatic N) is 15. The summed E-state index contributed by atoms with van der Waals surface area (Å²) in [5, 5.41) is 53.0. The van der Waals surface area contributed by atoms with Crippen LogP contribution >= 0.6 is 77.2 Å². The van der Waals surface area contributed by atoms with Gasteiger partial charge in [-0.05, 0) is 216 Å². The monoisotopic (exact) mass is 2440 g/mol. The van der Waals surface area contributed by atoms with Crippen molar-refractivity contribution < 1.29 is 81.0 Å². The van der Waals surface area contributed by atoms with Crippen LogP contribution in [0, 0.1) is 20.8 Å². The number of aryl methyl sites for hydroxylation is 3. The van der Waals surface area contributed by atoms with Gasteiger partial charge in [-0.1, -0.05) is 36.4 Å². The van der Waals surface area contributed by atoms with Gasteiger partial charge < -0.3 is 44.9 Å². The quantitative estimate of drug-likeness (QED) is 0.0230. The molecule has 11 atom stereocenters. The third-order valence-electron chi connectivity index (χ3n) is 19.6. The molecule has 138 heavy (non-hydrogen) atoms. The van der Waals surface area contributed by atoms with Crippen LogP contribution in [-0.2, 0) is 199 Å². The van der Waals surface area contributed by atoms with Crippen LogP contribution in [0.3, 0.4) is 0 Å². The smallest absolute Gasteiger partial charge is 0.410 e. The Hall–Kier alpha value is -6.46. The molecular weight excluding hydrogens is 2340 g/mol. The molecule has 29 nitrogen and oxygen atoms in total. The predicted molar refractivity (Wildman–Crippen MR) is 579 cm³/mol. The number of aliphatic hydroxyl groups is 3. The lowest BCUT2D eigenvalue weighted by molar-refractivity contribution is -0.138. The van der Waals surface area contributed by atoms with Crippen LogP contribution in [-0.4, -0.2) is 241 Å². The van der Waals surface area contributed by atoms with E-state index in [1.807, 2.05) is 73.7 Å². The summed E-state index contributed by atoms with van der Waals surface area (Å²) in [6.45, 7) is 18.5. The Bertz CT molecular complexity index is 5970. The normalized spacial score (nSPS) is 17.7. The van der Waals surface area contributed by atoms with Crippen LogP contribution in [0.4, 0.5) is 27.2 Å². The molecule has 3 amide bonds. The van der Waals surface area contributed by atoms with Crippen LogP contribution in [0.2, 0.25) is 0 Å². The molecule has 4 aliphatic rings. The molecule has 5 N–H and O–H groups in total. The fraction of sp³-hybridized carbons (Fsp3) is 0.430. The van der Waals surface area contributed by atoms with Gasteiger partial charge in [0.15, 0.2) is 11.6 Å². The van der Waals surface area contributed by atoms with Gasteiger partial charge in [-0.2, -0.15) is 23.7 Å². The molecule has 12 heterocycles. The average Bonchev–Trinajstić information content (AvgIpc) is 1.62. The first-order valence-electron chi connectivity index (χ1n) is 41.1. The zero-order chi connectivity index (χ0) is 102. The highest BCUT2D eigenvalue weighted by atomic mass is 79.9. The number of aliphatic hydroxyl groups excluding tert-OH is 3. The Kier molecular flexibility index (Phi) is 56.5. The number of carboxylic acid groups (broad SMARTS) is 1. The standard InChI is InChI=1S/C27H26BrFN6O3.C16H22BrFN2O3.C16H14N4O3.C11H14BrFN2O.C10H16FNO3.C6H6BrN.S5.S4.S3.S2.H2S/c1-15(36)27-21-8-17(18-11-30-16(2)31-12-18)6-7-22(21)35(33-27)14-26(38)34-13-19(29)9-23(34)24(37)10-20-4-3-5-25(28)32-20;1-16(2,3)23-15(22)20-9-10(18)7-12(20)13(21)8-11-5-4-6-14(17)19-11;1-9(21)16-13-5-11(12-6-17-10(2)18-7-12)3-4-14(13)20(19-16)8-15(22)23;12-11-3-1-2-8(15-11)5-10(16)9-4-7(13)6-14-9;1-10(2,3)15-9(14)12-5-7(11)4-8(12)6-13;1-5-3-2-4-6(7)8-5;1-3-5-4-2;1-3-4-2;1-3-2;1-2;/h3-8,11-12,19,23-24,37H,9-10,13-14H2,1-2H3;4-6,10,12-13,21H,7-9H2,1-3H3;3-7H,8H2,1-2H3,(H,22,23);1-3,7,9-10,14,16H,4-6H2;6-8H,4-5H2,1-3H3;2-4H,1H3;;;;;1H2/t19-,23+,24?;10-,12+,13-;;7-,9+,10?;7-,8+;;;;;;/m11.11....../s1. The highest BCUT2D eigenvalue weighted by Crippen LogP contribution is 2.33. The summed E-state index contributed by atoms with van der Waals surface area (Å²) in [6.07, 6.45) is 0.858. The third kappa shape index (κ3) is 42.8. The number of benzene rings is 2. The number of aldehydes is 1. The Morgan fingerprint density at radius 2 is 0.877 bits per heavy atom. The van der Waals surface area contributed by atoms with Crippen molar-refractivity contribution >= 4 is 284 Å². The van der Waals surface area contributed by atoms with E-state index in [1.54, 1.807) is 123 Å².